The Labute approximate surface area is 758 Å². The van der Waals surface area contributed by atoms with Gasteiger partial charge in [-0.25, -0.2) is 0 Å². The lowest BCUT2D eigenvalue weighted by molar-refractivity contribution is 0.966. The van der Waals surface area contributed by atoms with Crippen LogP contribution in [0.25, 0.3) is 45.5 Å². The average molecular weight is 1620 g/mol. The van der Waals surface area contributed by atoms with Crippen LogP contribution < -0.4 is 44.5 Å². The topological polar surface area (TPSA) is 176 Å². The number of rotatable bonds is 8. The molecule has 0 unspecified atom stereocenters. The van der Waals surface area contributed by atoms with Crippen LogP contribution in [-0.2, 0) is 0 Å². The summed E-state index contributed by atoms with van der Waals surface area (Å²) in [5, 5.41) is 0. The molecule has 0 amide bonds. The maximum Gasteiger partial charge on any atom is 0.255 e. The molecule has 8 heterocycles. The molecule has 0 aliphatic carbocycles. The Morgan fingerprint density at radius 2 is 0.483 bits per heavy atom. The van der Waals surface area contributed by atoms with E-state index < -0.39 is 278 Å². The number of aryl methyl sites for hydroxylation is 6. The fraction of sp³-hybridized carbons (Fsp3) is 0.137. The van der Waals surface area contributed by atoms with Gasteiger partial charge in [-0.05, 0) is 259 Å². The highest BCUT2D eigenvalue weighted by Gasteiger charge is 2.08. The highest BCUT2D eigenvalue weighted by atomic mass is 16.2. The summed E-state index contributed by atoms with van der Waals surface area (Å²) in [6, 6.07) is 26.8. The molecule has 598 valence electrons. The van der Waals surface area contributed by atoms with Crippen molar-refractivity contribution in [3.8, 4) is 45.5 Å². The Hall–Kier alpha value is -14.6. The third kappa shape index (κ3) is 25.4. The van der Waals surface area contributed by atoms with Crippen molar-refractivity contribution in [1.29, 1.82) is 0 Å². The van der Waals surface area contributed by atoms with E-state index in [4.69, 9.17) is 67.2 Å². The van der Waals surface area contributed by atoms with Gasteiger partial charge in [0.05, 0.1) is 42.5 Å². The molecule has 0 saturated carbocycles. The van der Waals surface area contributed by atoms with E-state index in [2.05, 4.69) is 0 Å². The largest absolute Gasteiger partial charge is 0.284 e. The number of benzene rings is 8. The normalized spacial score (nSPS) is 16.7. The van der Waals surface area contributed by atoms with Crippen molar-refractivity contribution < 1.29 is 67.2 Å². The van der Waals surface area contributed by atoms with E-state index in [9.17, 15) is 38.4 Å². The smallest absolute Gasteiger partial charge is 0.255 e. The van der Waals surface area contributed by atoms with E-state index in [-0.39, 0.29) is 81.7 Å². The van der Waals surface area contributed by atoms with Gasteiger partial charge in [0.15, 0.2) is 0 Å². The summed E-state index contributed by atoms with van der Waals surface area (Å²) in [6.45, 7) is -5.36. The zero-order valence-corrected chi connectivity index (χ0v) is 63.0. The zero-order valence-electron chi connectivity index (χ0n) is 112. The van der Waals surface area contributed by atoms with Crippen LogP contribution in [0.5, 0.6) is 0 Å². The van der Waals surface area contributed by atoms with Crippen LogP contribution in [0.15, 0.2) is 397 Å². The van der Waals surface area contributed by atoms with Crippen molar-refractivity contribution >= 4 is 0 Å². The molecule has 0 spiro atoms. The van der Waals surface area contributed by atoms with Crippen LogP contribution in [0.2, 0.25) is 0 Å². The molecule has 16 heteroatoms. The molecule has 0 bridgehead atoms. The summed E-state index contributed by atoms with van der Waals surface area (Å²) >= 11 is 0. The first-order valence-electron chi connectivity index (χ1n) is 58.8. The lowest BCUT2D eigenvalue weighted by Gasteiger charge is -2.07. The van der Waals surface area contributed by atoms with Gasteiger partial charge >= 0.3 is 0 Å². The summed E-state index contributed by atoms with van der Waals surface area (Å²) in [5.41, 5.74) is -5.90. The van der Waals surface area contributed by atoms with Gasteiger partial charge in [-0.3, -0.25) is 74.9 Å². The van der Waals surface area contributed by atoms with Crippen molar-refractivity contribution in [2.75, 3.05) is 0 Å². The summed E-state index contributed by atoms with van der Waals surface area (Å²) in [4.78, 5) is 96.7. The summed E-state index contributed by atoms with van der Waals surface area (Å²) in [7, 11) is 0. The molecule has 0 N–H and O–H groups in total. The van der Waals surface area contributed by atoms with E-state index in [0.717, 1.165) is 48.0 Å². The van der Waals surface area contributed by atoms with Crippen LogP contribution in [0.1, 0.15) is 147 Å². The van der Waals surface area contributed by atoms with Crippen molar-refractivity contribution in [3.05, 3.63) is 513 Å². The Bertz CT molecular complexity index is 9080. The molecule has 0 aliphatic heterocycles. The number of hydrogen-bond acceptors (Lipinski definition) is 8. The Balaban J connectivity index is 0.000000231. The molecule has 16 nitrogen and oxygen atoms in total. The molecule has 0 aliphatic rings. The van der Waals surface area contributed by atoms with Gasteiger partial charge in [0.1, 0.15) is 0 Å². The maximum atomic E-state index is 12.4. The van der Waals surface area contributed by atoms with Crippen molar-refractivity contribution in [2.24, 2.45) is 0 Å². The van der Waals surface area contributed by atoms with Crippen molar-refractivity contribution in [2.45, 2.75) is 97.0 Å². The molecule has 0 radical (unpaired) electrons. The number of pyridine rings is 8. The molecule has 0 saturated heterocycles. The van der Waals surface area contributed by atoms with Gasteiger partial charge in [0.25, 0.3) is 44.5 Å². The van der Waals surface area contributed by atoms with E-state index in [1.165, 1.54) is 63.5 Å². The van der Waals surface area contributed by atoms with Crippen LogP contribution in [0.3, 0.4) is 0 Å². The number of aromatic nitrogens is 8. The fourth-order valence-electron chi connectivity index (χ4n) is 9.42. The number of hydrogen-bond donors (Lipinski definition) is 0. The van der Waals surface area contributed by atoms with E-state index in [0.29, 0.717) is 41.9 Å². The minimum absolute atomic E-state index is 0. The first-order chi connectivity index (χ1) is 76.5. The van der Waals surface area contributed by atoms with Crippen molar-refractivity contribution in [3.63, 3.8) is 0 Å². The monoisotopic (exact) mass is 1620 g/mol. The molecular formula is C102H102N8O8. The van der Waals surface area contributed by atoms with Crippen LogP contribution in [-0.4, -0.2) is 36.5 Å². The second-order valence-corrected chi connectivity index (χ2v) is 24.0. The predicted octanol–water partition coefficient (Wildman–Crippen LogP) is 19.3. The van der Waals surface area contributed by atoms with E-state index >= 15 is 0 Å². The molecule has 0 atom stereocenters. The predicted molar refractivity (Wildman–Crippen MR) is 485 cm³/mol. The van der Waals surface area contributed by atoms with Gasteiger partial charge in [-0.1, -0.05) is 171 Å². The quantitative estimate of drug-likeness (QED) is 0.144. The van der Waals surface area contributed by atoms with Crippen LogP contribution >= 0.6 is 0 Å². The molecule has 8 aromatic heterocycles. The first-order valence-corrected chi connectivity index (χ1v) is 34.3. The third-order valence-electron chi connectivity index (χ3n) is 15.4. The second-order valence-electron chi connectivity index (χ2n) is 24.0. The molecule has 0 fully saturated rings. The van der Waals surface area contributed by atoms with E-state index in [1.807, 2.05) is 37.3 Å². The minimum atomic E-state index is -2.82. The third-order valence-corrected chi connectivity index (χ3v) is 15.4. The molecule has 8 aromatic carbocycles. The van der Waals surface area contributed by atoms with E-state index in [1.54, 1.807) is 104 Å². The Morgan fingerprint density at radius 3 is 0.831 bits per heavy atom. The fourth-order valence-corrected chi connectivity index (χ4v) is 9.42. The van der Waals surface area contributed by atoms with Crippen molar-refractivity contribution in [1.82, 2.24) is 36.5 Å². The standard InChI is InChI=1S/5C13H13NO.3C12H11NO.CH4/c5*1-10-8-13(15)14(9-11(10)2)12-6-4-3-5-7-12;3*1-10-7-8-12(14)13(9-10)11-5-3-2-4-6-11;/h5*3-9H,1-2H3;3*2-9H,1H3;1H4/i2D3,3D,4D,5D,6D,7D,8D,9D;2D3,3D,4D,5D,6D,7D,9D;2D3,3D,4D,5D,6D,7D,8D;2D3,8D,9D;2D3,9D;2D,3D,4D,5D,6D,9D;1D3,7D,8D;9D;. The summed E-state index contributed by atoms with van der Waals surface area (Å²) in [6.07, 6.45) is -0.159. The number of nitrogens with zero attached hydrogens (tertiary/aromatic N) is 8. The van der Waals surface area contributed by atoms with Crippen LogP contribution in [0, 0.1) is 89.6 Å². The Morgan fingerprint density at radius 1 is 0.212 bits per heavy atom. The zero-order chi connectivity index (χ0) is 126. The second kappa shape index (κ2) is 43.6. The maximum absolute atomic E-state index is 12.4. The lowest BCUT2D eigenvalue weighted by Crippen LogP contribution is -2.17. The van der Waals surface area contributed by atoms with Gasteiger partial charge in [-0.15, -0.1) is 0 Å². The molecule has 118 heavy (non-hydrogen) atoms. The molecule has 16 aromatic rings. The highest BCUT2D eigenvalue weighted by Crippen LogP contribution is 2.15. The van der Waals surface area contributed by atoms with Gasteiger partial charge in [0.2, 0.25) is 0 Å². The van der Waals surface area contributed by atoms with Crippen LogP contribution in [0.4, 0.5) is 0 Å². The van der Waals surface area contributed by atoms with Gasteiger partial charge in [-0.2, -0.15) is 0 Å². The van der Waals surface area contributed by atoms with Gasteiger partial charge < -0.3 is 0 Å². The minimum Gasteiger partial charge on any atom is -0.284 e. The molecule has 16 rings (SSSR count). The first kappa shape index (κ1) is 42.6. The highest BCUT2D eigenvalue weighted by molar-refractivity contribution is 5.41. The summed E-state index contributed by atoms with van der Waals surface area (Å²) in [5.74, 6) is 0. The molecular weight excluding hydrogens is 1470 g/mol. The summed E-state index contributed by atoms with van der Waals surface area (Å²) < 4.78 is 382. The van der Waals surface area contributed by atoms with Gasteiger partial charge in [0, 0.05) is 168 Å². The average Bonchev–Trinajstić information content (AvgIpc) is 0.736. The number of para-hydroxylation sites is 8. The lowest BCUT2D eigenvalue weighted by atomic mass is 10.2. The SMILES string of the molecule is C.[2H]c1c(C([2H])([2H])[2H])c(C)cc(=O)n1-c1ccccc1.[2H]c1c(C([2H])([2H])[2H])cn(-c2ccccc2)c(=O)c1[2H].[2H]c1c(C)c(C([2H])([2H])[2H])c([2H])n(-c2ccccc2)c1=O.[2H]c1c(C)ccc(=O)n1-c1ccccc1.[2H]c1c([2H])c([2H])c(-n2c([2H])c(C([2H])([2H])[2H])c(C)c([2H])c2=O)c([2H])c1[2H].[2H]c1c([2H])c([2H])c(-n2c([2H])c(C([2H])([2H])[2H])c(C)cc2=O)c([2H])c1[2H].[2H]c1c([2H])c([2H])c(-n2c([2H])c(C)ccc2=O)c([2H])c1[2H].[2H]c1c([2H])c([2H])c(-n2cc(C([2H])([2H])[2H])c(C)c([2H])c2=O)c([2H])c1[2H]. The Kier molecular flexibility index (Phi) is 15.7.